The highest BCUT2D eigenvalue weighted by Gasteiger charge is 2.24. The quantitative estimate of drug-likeness (QED) is 0.690. The largest absolute Gasteiger partial charge is 0.493 e. The summed E-state index contributed by atoms with van der Waals surface area (Å²) in [5, 5.41) is 0. The van der Waals surface area contributed by atoms with Gasteiger partial charge in [0.25, 0.3) is 10.1 Å². The van der Waals surface area contributed by atoms with E-state index in [9.17, 15) is 8.42 Å². The highest BCUT2D eigenvalue weighted by atomic mass is 32.2. The maximum atomic E-state index is 11.2. The lowest BCUT2D eigenvalue weighted by Gasteiger charge is -2.26. The predicted molar refractivity (Wildman–Crippen MR) is 97.3 cm³/mol. The minimum Gasteiger partial charge on any atom is -0.493 e. The van der Waals surface area contributed by atoms with Crippen molar-refractivity contribution in [2.45, 2.75) is 25.6 Å². The molecule has 1 atom stereocenters. The van der Waals surface area contributed by atoms with Gasteiger partial charge < -0.3 is 14.2 Å². The Morgan fingerprint density at radius 3 is 2.62 bits per heavy atom. The molecular weight excluding hydrogens is 356 g/mol. The molecule has 0 saturated carbocycles. The molecule has 0 N–H and O–H groups in total. The zero-order valence-corrected chi connectivity index (χ0v) is 15.6. The van der Waals surface area contributed by atoms with Crippen LogP contribution in [-0.2, 0) is 27.3 Å². The number of hydrogen-bond acceptors (Lipinski definition) is 6. The molecule has 0 aliphatic carbocycles. The first-order valence-electron chi connectivity index (χ1n) is 8.33. The molecule has 6 nitrogen and oxygen atoms in total. The normalized spacial score (nSPS) is 16.5. The van der Waals surface area contributed by atoms with Crippen molar-refractivity contribution < 1.29 is 26.8 Å². The summed E-state index contributed by atoms with van der Waals surface area (Å²) in [6.45, 7) is 0.418. The maximum absolute atomic E-state index is 11.2. The van der Waals surface area contributed by atoms with E-state index in [2.05, 4.69) is 0 Å². The molecule has 0 spiro atoms. The Labute approximate surface area is 153 Å². The lowest BCUT2D eigenvalue weighted by Crippen LogP contribution is -2.28. The number of ether oxygens (including phenoxy) is 3. The van der Waals surface area contributed by atoms with Crippen molar-refractivity contribution in [1.82, 2.24) is 0 Å². The Morgan fingerprint density at radius 1 is 1.15 bits per heavy atom. The van der Waals surface area contributed by atoms with Gasteiger partial charge in [0.15, 0.2) is 11.5 Å². The van der Waals surface area contributed by atoms with Crippen molar-refractivity contribution >= 4 is 10.1 Å². The summed E-state index contributed by atoms with van der Waals surface area (Å²) < 4.78 is 44.4. The fraction of sp³-hybridized carbons (Fsp3) is 0.368. The van der Waals surface area contributed by atoms with E-state index >= 15 is 0 Å². The number of methoxy groups -OCH3 is 1. The Morgan fingerprint density at radius 2 is 1.92 bits per heavy atom. The Bertz CT molecular complexity index is 848. The van der Waals surface area contributed by atoms with E-state index in [1.54, 1.807) is 13.2 Å². The van der Waals surface area contributed by atoms with Gasteiger partial charge in [0, 0.05) is 6.07 Å². The summed E-state index contributed by atoms with van der Waals surface area (Å²) in [6.07, 6.45) is 2.15. The van der Waals surface area contributed by atoms with E-state index in [0.29, 0.717) is 30.3 Å². The molecule has 0 fully saturated rings. The van der Waals surface area contributed by atoms with Gasteiger partial charge in [-0.3, -0.25) is 4.18 Å². The van der Waals surface area contributed by atoms with Gasteiger partial charge in [-0.05, 0) is 30.0 Å². The van der Waals surface area contributed by atoms with Gasteiger partial charge >= 0.3 is 0 Å². The van der Waals surface area contributed by atoms with Crippen LogP contribution in [0.2, 0.25) is 0 Å². The van der Waals surface area contributed by atoms with Gasteiger partial charge in [-0.2, -0.15) is 8.42 Å². The molecule has 1 aliphatic rings. The summed E-state index contributed by atoms with van der Waals surface area (Å²) in [7, 11) is -1.88. The van der Waals surface area contributed by atoms with E-state index in [4.69, 9.17) is 18.4 Å². The van der Waals surface area contributed by atoms with Crippen molar-refractivity contribution in [3.8, 4) is 17.2 Å². The van der Waals surface area contributed by atoms with Crippen molar-refractivity contribution in [3.05, 3.63) is 53.6 Å². The van der Waals surface area contributed by atoms with E-state index in [1.807, 2.05) is 36.4 Å². The van der Waals surface area contributed by atoms with Crippen LogP contribution in [0.3, 0.4) is 0 Å². The van der Waals surface area contributed by atoms with E-state index in [0.717, 1.165) is 23.8 Å². The molecule has 0 saturated heterocycles. The first kappa shape index (κ1) is 18.5. The van der Waals surface area contributed by atoms with Crippen molar-refractivity contribution in [3.63, 3.8) is 0 Å². The molecule has 7 heteroatoms. The Hall–Kier alpha value is -2.25. The summed E-state index contributed by atoms with van der Waals surface area (Å²) in [5.74, 6) is 1.90. The molecule has 0 bridgehead atoms. The van der Waals surface area contributed by atoms with E-state index in [1.165, 1.54) is 0 Å². The monoisotopic (exact) mass is 378 g/mol. The number of benzene rings is 2. The fourth-order valence-electron chi connectivity index (χ4n) is 2.77. The highest BCUT2D eigenvalue weighted by molar-refractivity contribution is 7.85. The number of fused-ring (bicyclic) bond motifs is 1. The third-order valence-corrected chi connectivity index (χ3v) is 4.65. The molecule has 2 aromatic rings. The average Bonchev–Trinajstić information content (AvgIpc) is 2.64. The molecule has 0 aromatic heterocycles. The lowest BCUT2D eigenvalue weighted by molar-refractivity contribution is 0.112. The summed E-state index contributed by atoms with van der Waals surface area (Å²) in [6, 6.07) is 13.5. The molecule has 3 rings (SSSR count). The van der Waals surface area contributed by atoms with Crippen LogP contribution in [-0.4, -0.2) is 34.5 Å². The smallest absolute Gasteiger partial charge is 0.264 e. The third-order valence-electron chi connectivity index (χ3n) is 4.08. The van der Waals surface area contributed by atoms with Crippen molar-refractivity contribution in [2.75, 3.05) is 20.0 Å². The first-order chi connectivity index (χ1) is 12.4. The van der Waals surface area contributed by atoms with E-state index < -0.39 is 10.1 Å². The second-order valence-corrected chi connectivity index (χ2v) is 7.80. The van der Waals surface area contributed by atoms with Gasteiger partial charge in [0.05, 0.1) is 13.4 Å². The molecule has 1 aliphatic heterocycles. The van der Waals surface area contributed by atoms with Gasteiger partial charge in [-0.15, -0.1) is 0 Å². The maximum Gasteiger partial charge on any atom is 0.264 e. The van der Waals surface area contributed by atoms with Crippen LogP contribution in [0.4, 0.5) is 0 Å². The number of hydrogen-bond donors (Lipinski definition) is 0. The number of rotatable bonds is 7. The zero-order valence-electron chi connectivity index (χ0n) is 14.8. The first-order valence-corrected chi connectivity index (χ1v) is 10.1. The Balaban J connectivity index is 1.73. The minimum atomic E-state index is -3.48. The Kier molecular flexibility index (Phi) is 5.68. The van der Waals surface area contributed by atoms with Gasteiger partial charge in [-0.1, -0.05) is 30.3 Å². The molecule has 0 amide bonds. The minimum absolute atomic E-state index is 0.00447. The molecule has 0 unspecified atom stereocenters. The van der Waals surface area contributed by atoms with Crippen LogP contribution < -0.4 is 14.2 Å². The molecular formula is C19H22O6S. The van der Waals surface area contributed by atoms with Gasteiger partial charge in [0.1, 0.15) is 25.1 Å². The molecule has 0 radical (unpaired) electrons. The highest BCUT2D eigenvalue weighted by Crippen LogP contribution is 2.38. The standard InChI is InChI=1S/C19H22O6S/c1-22-18-10-15-8-9-16(13-24-26(2,20)21)25-17(15)11-19(18)23-12-14-6-4-3-5-7-14/h3-7,10-11,16H,8-9,12-13H2,1-2H3/t16-/m1/s1. The van der Waals surface area contributed by atoms with Crippen LogP contribution in [0, 0.1) is 0 Å². The lowest BCUT2D eigenvalue weighted by atomic mass is 10.0. The molecule has 26 heavy (non-hydrogen) atoms. The van der Waals surface area contributed by atoms with Crippen molar-refractivity contribution in [2.24, 2.45) is 0 Å². The predicted octanol–water partition coefficient (Wildman–Crippen LogP) is 2.94. The topological polar surface area (TPSA) is 71.1 Å². The second-order valence-electron chi connectivity index (χ2n) is 6.15. The van der Waals surface area contributed by atoms with Crippen LogP contribution in [0.5, 0.6) is 17.2 Å². The van der Waals surface area contributed by atoms with Crippen LogP contribution in [0.15, 0.2) is 42.5 Å². The number of aryl methyl sites for hydroxylation is 1. The molecule has 140 valence electrons. The summed E-state index contributed by atoms with van der Waals surface area (Å²) in [5.41, 5.74) is 2.05. The fourth-order valence-corrected chi connectivity index (χ4v) is 3.17. The van der Waals surface area contributed by atoms with Crippen LogP contribution in [0.1, 0.15) is 17.5 Å². The SMILES string of the molecule is COc1cc2c(cc1OCc1ccccc1)O[C@@H](COS(C)(=O)=O)CC2. The molecule has 1 heterocycles. The van der Waals surface area contributed by atoms with Crippen LogP contribution in [0.25, 0.3) is 0 Å². The van der Waals surface area contributed by atoms with Crippen LogP contribution >= 0.6 is 0 Å². The summed E-state index contributed by atoms with van der Waals surface area (Å²) in [4.78, 5) is 0. The summed E-state index contributed by atoms with van der Waals surface area (Å²) >= 11 is 0. The van der Waals surface area contributed by atoms with Gasteiger partial charge in [0.2, 0.25) is 0 Å². The third kappa shape index (κ3) is 4.89. The van der Waals surface area contributed by atoms with E-state index in [-0.39, 0.29) is 12.7 Å². The molecule has 2 aromatic carbocycles. The van der Waals surface area contributed by atoms with Crippen molar-refractivity contribution in [1.29, 1.82) is 0 Å². The van der Waals surface area contributed by atoms with Gasteiger partial charge in [-0.25, -0.2) is 0 Å². The zero-order chi connectivity index (χ0) is 18.6. The average molecular weight is 378 g/mol. The second kappa shape index (κ2) is 7.97.